The van der Waals surface area contributed by atoms with Crippen molar-refractivity contribution in [2.75, 3.05) is 30.6 Å². The summed E-state index contributed by atoms with van der Waals surface area (Å²) in [5.74, 6) is 1.12. The Morgan fingerprint density at radius 2 is 1.48 bits per heavy atom. The van der Waals surface area contributed by atoms with Crippen LogP contribution in [-0.4, -0.2) is 31.8 Å². The van der Waals surface area contributed by atoms with Crippen LogP contribution < -0.4 is 20.1 Å². The van der Waals surface area contributed by atoms with Crippen molar-refractivity contribution in [1.82, 2.24) is 0 Å². The topological polar surface area (TPSA) is 76.7 Å². The molecule has 172 valence electrons. The van der Waals surface area contributed by atoms with Crippen LogP contribution in [0.25, 0.3) is 0 Å². The Bertz CT molecular complexity index is 1090. The zero-order valence-electron chi connectivity index (χ0n) is 19.2. The SMILES string of the molecule is COc1cccc(OC)c1C(=O)Nc1cccc(SCC(=O)Nc2ccc(C(C)C)cc2)c1. The molecule has 0 bridgehead atoms. The van der Waals surface area contributed by atoms with E-state index in [1.54, 1.807) is 24.3 Å². The second-order valence-electron chi connectivity index (χ2n) is 7.63. The molecule has 0 saturated heterocycles. The minimum Gasteiger partial charge on any atom is -0.496 e. The van der Waals surface area contributed by atoms with E-state index >= 15 is 0 Å². The predicted molar refractivity (Wildman–Crippen MR) is 134 cm³/mol. The van der Waals surface area contributed by atoms with E-state index in [0.717, 1.165) is 10.6 Å². The molecule has 0 fully saturated rings. The van der Waals surface area contributed by atoms with E-state index in [4.69, 9.17) is 9.47 Å². The maximum absolute atomic E-state index is 12.9. The Morgan fingerprint density at radius 1 is 0.848 bits per heavy atom. The number of hydrogen-bond acceptors (Lipinski definition) is 5. The fraction of sp³-hybridized carbons (Fsp3) is 0.231. The molecular weight excluding hydrogens is 436 g/mol. The van der Waals surface area contributed by atoms with Crippen LogP contribution >= 0.6 is 11.8 Å². The number of carbonyl (C=O) groups is 2. The number of nitrogens with one attached hydrogen (secondary N) is 2. The van der Waals surface area contributed by atoms with Crippen LogP contribution in [-0.2, 0) is 4.79 Å². The van der Waals surface area contributed by atoms with Gasteiger partial charge in [-0.2, -0.15) is 0 Å². The normalized spacial score (nSPS) is 10.6. The number of thioether (sulfide) groups is 1. The number of methoxy groups -OCH3 is 2. The summed E-state index contributed by atoms with van der Waals surface area (Å²) in [6.45, 7) is 4.27. The third-order valence-electron chi connectivity index (χ3n) is 4.98. The summed E-state index contributed by atoms with van der Waals surface area (Å²) in [5, 5.41) is 5.79. The summed E-state index contributed by atoms with van der Waals surface area (Å²) in [6, 6.07) is 20.4. The van der Waals surface area contributed by atoms with Crippen molar-refractivity contribution in [3.63, 3.8) is 0 Å². The fourth-order valence-corrected chi connectivity index (χ4v) is 3.98. The van der Waals surface area contributed by atoms with E-state index in [2.05, 4.69) is 24.5 Å². The van der Waals surface area contributed by atoms with E-state index in [1.807, 2.05) is 42.5 Å². The number of hydrogen-bond donors (Lipinski definition) is 2. The maximum atomic E-state index is 12.9. The van der Waals surface area contributed by atoms with Crippen LogP contribution in [0.2, 0.25) is 0 Å². The summed E-state index contributed by atoms with van der Waals surface area (Å²) in [4.78, 5) is 26.1. The molecule has 6 nitrogen and oxygen atoms in total. The molecule has 0 spiro atoms. The second kappa shape index (κ2) is 11.4. The third kappa shape index (κ3) is 6.52. The largest absolute Gasteiger partial charge is 0.496 e. The first kappa shape index (κ1) is 24.2. The van der Waals surface area contributed by atoms with Crippen molar-refractivity contribution < 1.29 is 19.1 Å². The molecule has 0 atom stereocenters. The minimum atomic E-state index is -0.339. The predicted octanol–water partition coefficient (Wildman–Crippen LogP) is 5.81. The summed E-state index contributed by atoms with van der Waals surface area (Å²) < 4.78 is 10.6. The molecule has 3 aromatic carbocycles. The second-order valence-corrected chi connectivity index (χ2v) is 8.68. The van der Waals surface area contributed by atoms with Crippen LogP contribution in [0.4, 0.5) is 11.4 Å². The Hall–Kier alpha value is -3.45. The van der Waals surface area contributed by atoms with Crippen molar-refractivity contribution in [2.24, 2.45) is 0 Å². The zero-order chi connectivity index (χ0) is 23.8. The number of ether oxygens (including phenoxy) is 2. The first-order valence-electron chi connectivity index (χ1n) is 10.6. The van der Waals surface area contributed by atoms with Crippen molar-refractivity contribution in [1.29, 1.82) is 0 Å². The molecule has 3 aromatic rings. The van der Waals surface area contributed by atoms with Gasteiger partial charge in [-0.3, -0.25) is 9.59 Å². The molecule has 3 rings (SSSR count). The molecule has 2 amide bonds. The lowest BCUT2D eigenvalue weighted by Crippen LogP contribution is -2.15. The number of benzene rings is 3. The summed E-state index contributed by atoms with van der Waals surface area (Å²) >= 11 is 1.40. The van der Waals surface area contributed by atoms with Gasteiger partial charge in [0.05, 0.1) is 20.0 Å². The van der Waals surface area contributed by atoms with Crippen LogP contribution in [0.5, 0.6) is 11.5 Å². The molecule has 0 heterocycles. The van der Waals surface area contributed by atoms with Gasteiger partial charge in [-0.1, -0.05) is 38.1 Å². The molecule has 7 heteroatoms. The molecule has 0 aromatic heterocycles. The monoisotopic (exact) mass is 464 g/mol. The molecule has 0 aliphatic heterocycles. The van der Waals surface area contributed by atoms with Gasteiger partial charge in [-0.05, 0) is 53.9 Å². The average Bonchev–Trinajstić information content (AvgIpc) is 2.82. The third-order valence-corrected chi connectivity index (χ3v) is 5.97. The van der Waals surface area contributed by atoms with Gasteiger partial charge in [-0.15, -0.1) is 11.8 Å². The van der Waals surface area contributed by atoms with E-state index in [-0.39, 0.29) is 17.6 Å². The summed E-state index contributed by atoms with van der Waals surface area (Å²) in [7, 11) is 3.01. The Labute approximate surface area is 198 Å². The van der Waals surface area contributed by atoms with E-state index < -0.39 is 0 Å². The number of amides is 2. The summed E-state index contributed by atoms with van der Waals surface area (Å²) in [6.07, 6.45) is 0. The maximum Gasteiger partial charge on any atom is 0.263 e. The first-order chi connectivity index (χ1) is 15.9. The van der Waals surface area contributed by atoms with Crippen molar-refractivity contribution in [3.8, 4) is 11.5 Å². The van der Waals surface area contributed by atoms with Crippen LogP contribution in [0, 0.1) is 0 Å². The van der Waals surface area contributed by atoms with Gasteiger partial charge in [0, 0.05) is 16.3 Å². The molecular formula is C26H28N2O4S. The Balaban J connectivity index is 1.61. The standard InChI is InChI=1S/C26H28N2O4S/c1-17(2)18-11-13-19(14-12-18)27-24(29)16-33-21-8-5-7-20(15-21)28-26(30)25-22(31-3)9-6-10-23(25)32-4/h5-15,17H,16H2,1-4H3,(H,27,29)(H,28,30). The highest BCUT2D eigenvalue weighted by Gasteiger charge is 2.18. The minimum absolute atomic E-state index is 0.0921. The van der Waals surface area contributed by atoms with Crippen LogP contribution in [0.15, 0.2) is 71.6 Å². The number of anilines is 2. The molecule has 0 radical (unpaired) electrons. The molecule has 33 heavy (non-hydrogen) atoms. The molecule has 0 aliphatic carbocycles. The van der Waals surface area contributed by atoms with Crippen molar-refractivity contribution >= 4 is 35.0 Å². The number of rotatable bonds is 9. The highest BCUT2D eigenvalue weighted by molar-refractivity contribution is 8.00. The molecule has 2 N–H and O–H groups in total. The van der Waals surface area contributed by atoms with E-state index in [9.17, 15) is 9.59 Å². The lowest BCUT2D eigenvalue weighted by atomic mass is 10.0. The van der Waals surface area contributed by atoms with Gasteiger partial charge in [0.2, 0.25) is 5.91 Å². The zero-order valence-corrected chi connectivity index (χ0v) is 20.0. The lowest BCUT2D eigenvalue weighted by molar-refractivity contribution is -0.113. The van der Waals surface area contributed by atoms with Gasteiger partial charge in [-0.25, -0.2) is 0 Å². The van der Waals surface area contributed by atoms with Gasteiger partial charge in [0.15, 0.2) is 0 Å². The van der Waals surface area contributed by atoms with E-state index in [1.165, 1.54) is 31.5 Å². The highest BCUT2D eigenvalue weighted by atomic mass is 32.2. The molecule has 0 aliphatic rings. The fourth-order valence-electron chi connectivity index (χ4n) is 3.23. The average molecular weight is 465 g/mol. The van der Waals surface area contributed by atoms with Crippen LogP contribution in [0.3, 0.4) is 0 Å². The van der Waals surface area contributed by atoms with Gasteiger partial charge in [0.25, 0.3) is 5.91 Å². The summed E-state index contributed by atoms with van der Waals surface area (Å²) in [5.41, 5.74) is 2.94. The Kier molecular flexibility index (Phi) is 8.38. The van der Waals surface area contributed by atoms with Gasteiger partial charge >= 0.3 is 0 Å². The smallest absolute Gasteiger partial charge is 0.263 e. The number of carbonyl (C=O) groups excluding carboxylic acids is 2. The van der Waals surface area contributed by atoms with Crippen molar-refractivity contribution in [2.45, 2.75) is 24.7 Å². The quantitative estimate of drug-likeness (QED) is 0.391. The van der Waals surface area contributed by atoms with Gasteiger partial charge in [0.1, 0.15) is 17.1 Å². The first-order valence-corrected chi connectivity index (χ1v) is 11.5. The molecule has 0 unspecified atom stereocenters. The van der Waals surface area contributed by atoms with Crippen molar-refractivity contribution in [3.05, 3.63) is 77.9 Å². The van der Waals surface area contributed by atoms with Crippen LogP contribution in [0.1, 0.15) is 35.7 Å². The van der Waals surface area contributed by atoms with E-state index in [0.29, 0.717) is 28.7 Å². The van der Waals surface area contributed by atoms with Gasteiger partial charge < -0.3 is 20.1 Å². The lowest BCUT2D eigenvalue weighted by Gasteiger charge is -2.13. The Morgan fingerprint density at radius 3 is 2.09 bits per heavy atom. The highest BCUT2D eigenvalue weighted by Crippen LogP contribution is 2.30. The molecule has 0 saturated carbocycles.